The normalized spacial score (nSPS) is 20.1. The summed E-state index contributed by atoms with van der Waals surface area (Å²) in [4.78, 5) is 26.6. The third-order valence-corrected chi connectivity index (χ3v) is 3.29. The molecular formula is C12H12N2O2. The van der Waals surface area contributed by atoms with Crippen molar-refractivity contribution in [2.75, 3.05) is 0 Å². The van der Waals surface area contributed by atoms with Gasteiger partial charge in [0.1, 0.15) is 0 Å². The number of nitrogens with zero attached hydrogens (tertiary/aromatic N) is 1. The summed E-state index contributed by atoms with van der Waals surface area (Å²) in [5.41, 5.74) is 2.07. The van der Waals surface area contributed by atoms with Gasteiger partial charge in [0.05, 0.1) is 11.0 Å². The van der Waals surface area contributed by atoms with Crippen LogP contribution in [-0.4, -0.2) is 15.3 Å². The first kappa shape index (κ1) is 9.39. The summed E-state index contributed by atoms with van der Waals surface area (Å²) in [7, 11) is 0. The van der Waals surface area contributed by atoms with Crippen LogP contribution in [0.25, 0.3) is 11.0 Å². The Balaban J connectivity index is 2.46. The molecule has 0 bridgehead atoms. The molecule has 0 fully saturated rings. The number of para-hydroxylation sites is 1. The number of imidazole rings is 1. The molecule has 1 atom stereocenters. The predicted octanol–water partition coefficient (Wildman–Crippen LogP) is 1.55. The van der Waals surface area contributed by atoms with Gasteiger partial charge in [0.2, 0.25) is 0 Å². The summed E-state index contributed by atoms with van der Waals surface area (Å²) in [6.45, 7) is 2.53. The number of nitrogens with one attached hydrogen (secondary N) is 1. The first-order valence-corrected chi connectivity index (χ1v) is 5.44. The van der Waals surface area contributed by atoms with Gasteiger partial charge in [-0.25, -0.2) is 4.79 Å². The number of aromatic nitrogens is 2. The van der Waals surface area contributed by atoms with Gasteiger partial charge in [-0.05, 0) is 18.6 Å². The third-order valence-electron chi connectivity index (χ3n) is 3.29. The van der Waals surface area contributed by atoms with Crippen LogP contribution in [0.15, 0.2) is 23.0 Å². The minimum Gasteiger partial charge on any atom is -0.306 e. The Morgan fingerprint density at radius 1 is 1.38 bits per heavy atom. The van der Waals surface area contributed by atoms with Gasteiger partial charge >= 0.3 is 5.69 Å². The van der Waals surface area contributed by atoms with Gasteiger partial charge in [-0.15, -0.1) is 0 Å². The van der Waals surface area contributed by atoms with Gasteiger partial charge in [-0.2, -0.15) is 0 Å². The van der Waals surface area contributed by atoms with Crippen LogP contribution in [0.1, 0.15) is 23.7 Å². The molecule has 2 aromatic rings. The van der Waals surface area contributed by atoms with Crippen molar-refractivity contribution in [2.24, 2.45) is 5.92 Å². The van der Waals surface area contributed by atoms with Crippen molar-refractivity contribution in [3.8, 4) is 0 Å². The van der Waals surface area contributed by atoms with Crippen LogP contribution in [0.2, 0.25) is 0 Å². The topological polar surface area (TPSA) is 54.9 Å². The molecule has 1 unspecified atom stereocenters. The van der Waals surface area contributed by atoms with Crippen LogP contribution in [0.4, 0.5) is 0 Å². The SMILES string of the molecule is CC1CCn2c(=O)[nH]c3cccc(c32)C1=O. The molecule has 1 aromatic heterocycles. The molecule has 4 heteroatoms. The molecule has 0 aliphatic carbocycles. The number of hydrogen-bond acceptors (Lipinski definition) is 2. The molecule has 1 N–H and O–H groups in total. The number of aryl methyl sites for hydroxylation is 1. The molecule has 0 saturated carbocycles. The van der Waals surface area contributed by atoms with E-state index in [4.69, 9.17) is 0 Å². The predicted molar refractivity (Wildman–Crippen MR) is 60.7 cm³/mol. The van der Waals surface area contributed by atoms with E-state index in [9.17, 15) is 9.59 Å². The number of benzene rings is 1. The van der Waals surface area contributed by atoms with Gasteiger partial charge in [0.15, 0.2) is 5.78 Å². The van der Waals surface area contributed by atoms with Gasteiger partial charge in [0.25, 0.3) is 0 Å². The molecule has 1 aromatic carbocycles. The summed E-state index contributed by atoms with van der Waals surface area (Å²) in [5.74, 6) is 0.126. The van der Waals surface area contributed by atoms with E-state index in [0.29, 0.717) is 12.1 Å². The Labute approximate surface area is 91.9 Å². The lowest BCUT2D eigenvalue weighted by Gasteiger charge is -2.05. The van der Waals surface area contributed by atoms with E-state index in [0.717, 1.165) is 17.5 Å². The van der Waals surface area contributed by atoms with Crippen molar-refractivity contribution in [1.82, 2.24) is 9.55 Å². The first-order chi connectivity index (χ1) is 7.68. The quantitative estimate of drug-likeness (QED) is 0.726. The second-order valence-electron chi connectivity index (χ2n) is 4.34. The van der Waals surface area contributed by atoms with Gasteiger partial charge in [-0.1, -0.05) is 13.0 Å². The highest BCUT2D eigenvalue weighted by Crippen LogP contribution is 2.24. The van der Waals surface area contributed by atoms with E-state index in [1.54, 1.807) is 10.6 Å². The van der Waals surface area contributed by atoms with E-state index in [2.05, 4.69) is 4.98 Å². The summed E-state index contributed by atoms with van der Waals surface area (Å²) in [6, 6.07) is 5.45. The molecule has 3 rings (SSSR count). The van der Waals surface area contributed by atoms with Gasteiger partial charge < -0.3 is 4.98 Å². The van der Waals surface area contributed by atoms with Gasteiger partial charge in [0, 0.05) is 18.0 Å². The first-order valence-electron chi connectivity index (χ1n) is 5.44. The molecule has 1 aliphatic rings. The molecular weight excluding hydrogens is 204 g/mol. The summed E-state index contributed by atoms with van der Waals surface area (Å²) >= 11 is 0. The average Bonchev–Trinajstić information content (AvgIpc) is 2.53. The Morgan fingerprint density at radius 3 is 3.00 bits per heavy atom. The van der Waals surface area contributed by atoms with Crippen LogP contribution in [0, 0.1) is 5.92 Å². The Kier molecular flexibility index (Phi) is 1.80. The highest BCUT2D eigenvalue weighted by atomic mass is 16.1. The highest BCUT2D eigenvalue weighted by molar-refractivity contribution is 6.07. The van der Waals surface area contributed by atoms with E-state index >= 15 is 0 Å². The molecule has 16 heavy (non-hydrogen) atoms. The molecule has 0 radical (unpaired) electrons. The number of rotatable bonds is 0. The minimum atomic E-state index is -0.121. The van der Waals surface area contributed by atoms with Crippen LogP contribution in [0.5, 0.6) is 0 Å². The zero-order chi connectivity index (χ0) is 11.3. The highest BCUT2D eigenvalue weighted by Gasteiger charge is 2.24. The number of H-pyrrole nitrogens is 1. The van der Waals surface area contributed by atoms with Crippen molar-refractivity contribution in [2.45, 2.75) is 19.9 Å². The maximum atomic E-state index is 12.1. The molecule has 0 amide bonds. The second-order valence-corrected chi connectivity index (χ2v) is 4.34. The maximum absolute atomic E-state index is 12.1. The van der Waals surface area contributed by atoms with Crippen LogP contribution >= 0.6 is 0 Å². The molecule has 0 spiro atoms. The standard InChI is InChI=1S/C12H12N2O2/c1-7-5-6-14-10-8(11(7)15)3-2-4-9(10)13-12(14)16/h2-4,7H,5-6H2,1H3,(H,13,16). The Bertz CT molecular complexity index is 636. The van der Waals surface area contributed by atoms with Crippen molar-refractivity contribution in [3.63, 3.8) is 0 Å². The van der Waals surface area contributed by atoms with Gasteiger partial charge in [-0.3, -0.25) is 9.36 Å². The minimum absolute atomic E-state index is 0.00935. The number of Topliss-reactive ketones (excluding diaryl/α,β-unsaturated/α-hetero) is 1. The van der Waals surface area contributed by atoms with Crippen molar-refractivity contribution in [1.29, 1.82) is 0 Å². The Hall–Kier alpha value is -1.84. The van der Waals surface area contributed by atoms with E-state index < -0.39 is 0 Å². The molecule has 82 valence electrons. The third kappa shape index (κ3) is 1.10. The van der Waals surface area contributed by atoms with E-state index in [1.165, 1.54) is 0 Å². The lowest BCUT2D eigenvalue weighted by Crippen LogP contribution is -2.17. The smallest absolute Gasteiger partial charge is 0.306 e. The average molecular weight is 216 g/mol. The summed E-state index contributed by atoms with van der Waals surface area (Å²) < 4.78 is 1.67. The zero-order valence-corrected chi connectivity index (χ0v) is 8.99. The lowest BCUT2D eigenvalue weighted by molar-refractivity contribution is 0.0926. The Morgan fingerprint density at radius 2 is 2.19 bits per heavy atom. The number of carbonyl (C=O) groups is 1. The molecule has 0 saturated heterocycles. The maximum Gasteiger partial charge on any atom is 0.326 e. The fourth-order valence-corrected chi connectivity index (χ4v) is 2.35. The molecule has 4 nitrogen and oxygen atoms in total. The zero-order valence-electron chi connectivity index (χ0n) is 8.99. The number of carbonyl (C=O) groups excluding carboxylic acids is 1. The fraction of sp³-hybridized carbons (Fsp3) is 0.333. The van der Waals surface area contributed by atoms with Crippen molar-refractivity contribution < 1.29 is 4.79 Å². The molecule has 1 aliphatic heterocycles. The van der Waals surface area contributed by atoms with E-state index in [1.807, 2.05) is 19.1 Å². The molecule has 2 heterocycles. The van der Waals surface area contributed by atoms with Crippen LogP contribution < -0.4 is 5.69 Å². The lowest BCUT2D eigenvalue weighted by atomic mass is 9.97. The largest absolute Gasteiger partial charge is 0.326 e. The van der Waals surface area contributed by atoms with Crippen LogP contribution in [0.3, 0.4) is 0 Å². The van der Waals surface area contributed by atoms with Crippen LogP contribution in [-0.2, 0) is 6.54 Å². The monoisotopic (exact) mass is 216 g/mol. The number of hydrogen-bond donors (Lipinski definition) is 1. The summed E-state index contributed by atoms with van der Waals surface area (Å²) in [5, 5.41) is 0. The second kappa shape index (κ2) is 3.07. The summed E-state index contributed by atoms with van der Waals surface area (Å²) in [6.07, 6.45) is 0.723. The van der Waals surface area contributed by atoms with E-state index in [-0.39, 0.29) is 17.4 Å². The fourth-order valence-electron chi connectivity index (χ4n) is 2.35. The number of aromatic amines is 1. The van der Waals surface area contributed by atoms with Crippen molar-refractivity contribution in [3.05, 3.63) is 34.2 Å². The number of ketones is 1. The van der Waals surface area contributed by atoms with Crippen molar-refractivity contribution >= 4 is 16.8 Å².